The number of hydrogen-bond donors (Lipinski definition) is 1. The number of thiazole rings is 1. The van der Waals surface area contributed by atoms with Crippen molar-refractivity contribution >= 4 is 38.7 Å². The summed E-state index contributed by atoms with van der Waals surface area (Å²) in [5, 5.41) is 9.59. The van der Waals surface area contributed by atoms with E-state index in [-0.39, 0.29) is 25.5 Å². The van der Waals surface area contributed by atoms with E-state index in [2.05, 4.69) is 29.2 Å². The van der Waals surface area contributed by atoms with Crippen molar-refractivity contribution in [3.8, 4) is 11.1 Å². The maximum atomic E-state index is 13.1. The van der Waals surface area contributed by atoms with Crippen LogP contribution in [-0.2, 0) is 9.53 Å². The molecule has 0 unspecified atom stereocenters. The number of aliphatic carboxylic acids is 1. The van der Waals surface area contributed by atoms with Crippen molar-refractivity contribution in [2.45, 2.75) is 12.3 Å². The smallest absolute Gasteiger partial charge is 0.416 e. The Hall–Kier alpha value is -3.71. The highest BCUT2D eigenvalue weighted by molar-refractivity contribution is 7.22. The van der Waals surface area contributed by atoms with Gasteiger partial charge in [-0.05, 0) is 34.4 Å². The molecular weight excluding hydrogens is 424 g/mol. The highest BCUT2D eigenvalue weighted by Gasteiger charge is 2.30. The summed E-state index contributed by atoms with van der Waals surface area (Å²) in [7, 11) is 0. The molecule has 160 valence electrons. The minimum atomic E-state index is -0.984. The van der Waals surface area contributed by atoms with Crippen molar-refractivity contribution in [1.82, 2.24) is 4.98 Å². The lowest BCUT2D eigenvalue weighted by atomic mass is 9.98. The third-order valence-electron chi connectivity index (χ3n) is 5.62. The van der Waals surface area contributed by atoms with Crippen molar-refractivity contribution in [1.29, 1.82) is 0 Å². The Morgan fingerprint density at radius 3 is 2.22 bits per heavy atom. The van der Waals surface area contributed by atoms with Gasteiger partial charge in [-0.2, -0.15) is 0 Å². The van der Waals surface area contributed by atoms with Crippen LogP contribution in [0.25, 0.3) is 21.3 Å². The van der Waals surface area contributed by atoms with Crippen molar-refractivity contribution in [3.05, 3.63) is 83.9 Å². The zero-order chi connectivity index (χ0) is 22.1. The molecule has 1 heterocycles. The third-order valence-corrected chi connectivity index (χ3v) is 6.68. The number of amides is 1. The Bertz CT molecular complexity index is 1240. The number of hydrogen-bond acceptors (Lipinski definition) is 5. The van der Waals surface area contributed by atoms with Crippen LogP contribution < -0.4 is 4.90 Å². The first-order chi connectivity index (χ1) is 15.6. The standard InChI is InChI=1S/C25H20N2O4S/c28-23(29)13-14-27(24-26-21-11-5-6-12-22(21)32-24)25(30)31-15-20-18-9-3-1-7-16(18)17-8-2-4-10-19(17)20/h1-12,20H,13-15H2,(H,28,29). The molecule has 6 nitrogen and oxygen atoms in total. The van der Waals surface area contributed by atoms with E-state index < -0.39 is 12.1 Å². The van der Waals surface area contributed by atoms with Crippen LogP contribution in [0.5, 0.6) is 0 Å². The molecule has 1 aliphatic carbocycles. The Balaban J connectivity index is 1.40. The van der Waals surface area contributed by atoms with Gasteiger partial charge < -0.3 is 9.84 Å². The van der Waals surface area contributed by atoms with Crippen molar-refractivity contribution in [2.24, 2.45) is 0 Å². The normalized spacial score (nSPS) is 12.4. The molecule has 3 aromatic carbocycles. The maximum Gasteiger partial charge on any atom is 0.416 e. The SMILES string of the molecule is O=C(O)CCN(C(=O)OCC1c2ccccc2-c2ccccc21)c1nc2ccccc2s1. The summed E-state index contributed by atoms with van der Waals surface area (Å²) < 4.78 is 6.67. The second kappa shape index (κ2) is 8.43. The monoisotopic (exact) mass is 444 g/mol. The first-order valence-electron chi connectivity index (χ1n) is 10.3. The van der Waals surface area contributed by atoms with E-state index in [4.69, 9.17) is 9.84 Å². The van der Waals surface area contributed by atoms with Crippen LogP contribution in [0.1, 0.15) is 23.5 Å². The first-order valence-corrected chi connectivity index (χ1v) is 11.1. The fourth-order valence-corrected chi connectivity index (χ4v) is 5.10. The molecule has 0 saturated carbocycles. The summed E-state index contributed by atoms with van der Waals surface area (Å²) in [5.41, 5.74) is 5.31. The number of carboxylic acid groups (broad SMARTS) is 1. The number of carboxylic acids is 1. The fourth-order valence-electron chi connectivity index (χ4n) is 4.12. The van der Waals surface area contributed by atoms with Gasteiger partial charge in [-0.15, -0.1) is 0 Å². The number of ether oxygens (including phenoxy) is 1. The molecule has 5 rings (SSSR count). The van der Waals surface area contributed by atoms with E-state index in [0.717, 1.165) is 32.5 Å². The van der Waals surface area contributed by atoms with Crippen LogP contribution in [0.3, 0.4) is 0 Å². The van der Waals surface area contributed by atoms with Gasteiger partial charge in [0.2, 0.25) is 0 Å². The molecule has 7 heteroatoms. The van der Waals surface area contributed by atoms with Crippen LogP contribution in [0.15, 0.2) is 72.8 Å². The van der Waals surface area contributed by atoms with Crippen molar-refractivity contribution < 1.29 is 19.4 Å². The second-order valence-corrected chi connectivity index (χ2v) is 8.57. The lowest BCUT2D eigenvalue weighted by Crippen LogP contribution is -2.34. The molecule has 1 aromatic heterocycles. The van der Waals surface area contributed by atoms with E-state index in [9.17, 15) is 9.59 Å². The number of para-hydroxylation sites is 1. The van der Waals surface area contributed by atoms with Gasteiger partial charge >= 0.3 is 12.1 Å². The molecule has 0 saturated heterocycles. The largest absolute Gasteiger partial charge is 0.481 e. The Labute approximate surface area is 188 Å². The van der Waals surface area contributed by atoms with Gasteiger partial charge in [0.15, 0.2) is 5.13 Å². The summed E-state index contributed by atoms with van der Waals surface area (Å²) in [4.78, 5) is 30.1. The average molecular weight is 445 g/mol. The first kappa shape index (κ1) is 20.2. The van der Waals surface area contributed by atoms with E-state index in [0.29, 0.717) is 5.13 Å². The molecule has 4 aromatic rings. The van der Waals surface area contributed by atoms with E-state index >= 15 is 0 Å². The van der Waals surface area contributed by atoms with Gasteiger partial charge in [-0.1, -0.05) is 72.0 Å². The molecule has 32 heavy (non-hydrogen) atoms. The van der Waals surface area contributed by atoms with Crippen LogP contribution in [0, 0.1) is 0 Å². The number of fused-ring (bicyclic) bond motifs is 4. The van der Waals surface area contributed by atoms with E-state index in [1.54, 1.807) is 0 Å². The van der Waals surface area contributed by atoms with Gasteiger partial charge in [0.1, 0.15) is 6.61 Å². The van der Waals surface area contributed by atoms with Crippen LogP contribution in [0.4, 0.5) is 9.93 Å². The number of carbonyl (C=O) groups is 2. The maximum absolute atomic E-state index is 13.1. The molecule has 0 atom stereocenters. The van der Waals surface area contributed by atoms with Crippen LogP contribution in [-0.4, -0.2) is 35.3 Å². The molecule has 0 fully saturated rings. The molecule has 1 N–H and O–H groups in total. The van der Waals surface area contributed by atoms with Gasteiger partial charge in [-0.25, -0.2) is 9.78 Å². The van der Waals surface area contributed by atoms with E-state index in [1.165, 1.54) is 16.2 Å². The summed E-state index contributed by atoms with van der Waals surface area (Å²) in [5.74, 6) is -1.05. The molecule has 0 aliphatic heterocycles. The minimum absolute atomic E-state index is 0.00811. The topological polar surface area (TPSA) is 79.7 Å². The quantitative estimate of drug-likeness (QED) is 0.423. The van der Waals surface area contributed by atoms with Crippen LogP contribution >= 0.6 is 11.3 Å². The zero-order valence-corrected chi connectivity index (χ0v) is 17.9. The molecule has 1 aliphatic rings. The van der Waals surface area contributed by atoms with Crippen molar-refractivity contribution in [2.75, 3.05) is 18.1 Å². The predicted octanol–water partition coefficient (Wildman–Crippen LogP) is 5.53. The Morgan fingerprint density at radius 2 is 1.56 bits per heavy atom. The molecule has 1 amide bonds. The predicted molar refractivity (Wildman–Crippen MR) is 124 cm³/mol. The van der Waals surface area contributed by atoms with Gasteiger partial charge in [0.25, 0.3) is 0 Å². The summed E-state index contributed by atoms with van der Waals surface area (Å²) in [6.07, 6.45) is -0.785. The highest BCUT2D eigenvalue weighted by Crippen LogP contribution is 2.44. The lowest BCUT2D eigenvalue weighted by Gasteiger charge is -2.21. The van der Waals surface area contributed by atoms with Crippen molar-refractivity contribution in [3.63, 3.8) is 0 Å². The summed E-state index contributed by atoms with van der Waals surface area (Å²) >= 11 is 1.34. The lowest BCUT2D eigenvalue weighted by molar-refractivity contribution is -0.136. The summed E-state index contributed by atoms with van der Waals surface area (Å²) in [6, 6.07) is 23.8. The number of rotatable bonds is 6. The molecular formula is C25H20N2O4S. The summed E-state index contributed by atoms with van der Waals surface area (Å²) in [6.45, 7) is 0.160. The van der Waals surface area contributed by atoms with E-state index in [1.807, 2.05) is 48.5 Å². The Morgan fingerprint density at radius 1 is 0.938 bits per heavy atom. The average Bonchev–Trinajstić information content (AvgIpc) is 3.37. The molecule has 0 bridgehead atoms. The second-order valence-electron chi connectivity index (χ2n) is 7.56. The van der Waals surface area contributed by atoms with Gasteiger partial charge in [0.05, 0.1) is 16.6 Å². The minimum Gasteiger partial charge on any atom is -0.481 e. The van der Waals surface area contributed by atoms with Crippen LogP contribution in [0.2, 0.25) is 0 Å². The molecule has 0 radical (unpaired) electrons. The number of benzene rings is 3. The highest BCUT2D eigenvalue weighted by atomic mass is 32.1. The fraction of sp³-hybridized carbons (Fsp3) is 0.160. The van der Waals surface area contributed by atoms with Gasteiger partial charge in [-0.3, -0.25) is 9.69 Å². The number of aromatic nitrogens is 1. The number of nitrogens with zero attached hydrogens (tertiary/aromatic N) is 2. The zero-order valence-electron chi connectivity index (χ0n) is 17.1. The third kappa shape index (κ3) is 3.71. The molecule has 0 spiro atoms. The number of anilines is 1. The number of carbonyl (C=O) groups excluding carboxylic acids is 1. The van der Waals surface area contributed by atoms with Gasteiger partial charge in [0, 0.05) is 12.5 Å². The Kier molecular flexibility index (Phi) is 5.33.